The molecule has 28 heavy (non-hydrogen) atoms. The summed E-state index contributed by atoms with van der Waals surface area (Å²) in [5.41, 5.74) is -0.955. The molecule has 2 aliphatic carbocycles. The number of ether oxygens (including phenoxy) is 2. The molecule has 3 rings (SSSR count). The number of rotatable bonds is 4. The molecule has 3 N–H and O–H groups in total. The van der Waals surface area contributed by atoms with Gasteiger partial charge in [-0.3, -0.25) is 0 Å². The topological polar surface area (TPSA) is 113 Å². The minimum absolute atomic E-state index is 0.1000. The van der Waals surface area contributed by atoms with E-state index in [1.165, 1.54) is 6.92 Å². The molecule has 1 heterocycles. The fraction of sp³-hybridized carbons (Fsp3) is 0.684. The number of alkyl halides is 2. The van der Waals surface area contributed by atoms with E-state index in [4.69, 9.17) is 32.7 Å². The first-order chi connectivity index (χ1) is 13.0. The maximum Gasteiger partial charge on any atom is 0.336 e. The number of aliphatic hydroxyl groups is 3. The first-order valence-corrected chi connectivity index (χ1v) is 10.1. The molecule has 1 saturated heterocycles. The molecule has 0 amide bonds. The van der Waals surface area contributed by atoms with Crippen molar-refractivity contribution in [3.63, 3.8) is 0 Å². The van der Waals surface area contributed by atoms with E-state index >= 15 is 0 Å². The van der Waals surface area contributed by atoms with Gasteiger partial charge in [-0.2, -0.15) is 0 Å². The highest BCUT2D eigenvalue weighted by Crippen LogP contribution is 2.55. The molecular weight excluding hydrogens is 411 g/mol. The number of hydrogen-bond donors (Lipinski definition) is 3. The Labute approximate surface area is 172 Å². The van der Waals surface area contributed by atoms with Gasteiger partial charge in [0.1, 0.15) is 17.8 Å². The third-order valence-corrected chi connectivity index (χ3v) is 6.89. The van der Waals surface area contributed by atoms with Crippen molar-refractivity contribution in [3.8, 4) is 0 Å². The summed E-state index contributed by atoms with van der Waals surface area (Å²) in [6.07, 6.45) is -4.06. The van der Waals surface area contributed by atoms with Crippen LogP contribution in [0.5, 0.6) is 0 Å². The Kier molecular flexibility index (Phi) is 5.87. The van der Waals surface area contributed by atoms with Crippen LogP contribution >= 0.6 is 23.2 Å². The highest BCUT2D eigenvalue weighted by molar-refractivity contribution is 6.22. The second-order valence-corrected chi connectivity index (χ2v) is 8.85. The van der Waals surface area contributed by atoms with E-state index in [9.17, 15) is 24.9 Å². The zero-order valence-electron chi connectivity index (χ0n) is 15.4. The lowest BCUT2D eigenvalue weighted by Crippen LogP contribution is -2.52. The normalized spacial score (nSPS) is 42.3. The van der Waals surface area contributed by atoms with Gasteiger partial charge in [0, 0.05) is 17.9 Å². The van der Waals surface area contributed by atoms with E-state index in [2.05, 4.69) is 13.2 Å². The summed E-state index contributed by atoms with van der Waals surface area (Å²) in [6.45, 7) is 9.27. The molecule has 0 aromatic carbocycles. The standard InChI is InChI=1S/C19H24Cl2O7/c1-7-4-11(27-18(25)15(23)9(3)21)13-8(2)17(24)28-16(13)14-10(7)5-12(22)19(14,26)6-20/h9-16,22-23,26H,1-2,4-6H2,3H3. The Hall–Kier alpha value is -1.12. The van der Waals surface area contributed by atoms with Crippen molar-refractivity contribution in [2.24, 2.45) is 17.8 Å². The molecule has 0 spiro atoms. The minimum atomic E-state index is -1.69. The second kappa shape index (κ2) is 7.61. The van der Waals surface area contributed by atoms with Gasteiger partial charge in [-0.05, 0) is 19.3 Å². The van der Waals surface area contributed by atoms with Gasteiger partial charge in [0.15, 0.2) is 6.10 Å². The van der Waals surface area contributed by atoms with Gasteiger partial charge in [-0.25, -0.2) is 9.59 Å². The molecule has 156 valence electrons. The molecule has 0 aromatic rings. The molecule has 0 radical (unpaired) electrons. The first-order valence-electron chi connectivity index (χ1n) is 9.09. The zero-order chi connectivity index (χ0) is 21.0. The predicted molar refractivity (Wildman–Crippen MR) is 101 cm³/mol. The number of aliphatic hydroxyl groups excluding tert-OH is 2. The van der Waals surface area contributed by atoms with Gasteiger partial charge in [0.05, 0.1) is 23.3 Å². The van der Waals surface area contributed by atoms with Crippen LogP contribution in [0, 0.1) is 17.8 Å². The van der Waals surface area contributed by atoms with Crippen LogP contribution < -0.4 is 0 Å². The molecule has 1 aliphatic heterocycles. The van der Waals surface area contributed by atoms with Crippen LogP contribution in [-0.4, -0.2) is 68.5 Å². The van der Waals surface area contributed by atoms with Crippen LogP contribution in [0.15, 0.2) is 24.3 Å². The molecule has 7 nitrogen and oxygen atoms in total. The van der Waals surface area contributed by atoms with Gasteiger partial charge in [0.25, 0.3) is 0 Å². The molecule has 9 atom stereocenters. The number of esters is 2. The average molecular weight is 435 g/mol. The van der Waals surface area contributed by atoms with Crippen molar-refractivity contribution < 1.29 is 34.4 Å². The van der Waals surface area contributed by atoms with Crippen LogP contribution in [0.3, 0.4) is 0 Å². The van der Waals surface area contributed by atoms with E-state index in [1.54, 1.807) is 0 Å². The van der Waals surface area contributed by atoms with Gasteiger partial charge in [-0.1, -0.05) is 18.7 Å². The molecule has 2 saturated carbocycles. The quantitative estimate of drug-likeness (QED) is 0.260. The van der Waals surface area contributed by atoms with Crippen LogP contribution in [0.1, 0.15) is 19.8 Å². The fourth-order valence-corrected chi connectivity index (χ4v) is 5.13. The third kappa shape index (κ3) is 3.27. The Morgan fingerprint density at radius 1 is 1.46 bits per heavy atom. The largest absolute Gasteiger partial charge is 0.459 e. The Morgan fingerprint density at radius 3 is 2.68 bits per heavy atom. The Bertz CT molecular complexity index is 708. The summed E-state index contributed by atoms with van der Waals surface area (Å²) < 4.78 is 11.0. The number of carbonyl (C=O) groups is 2. The van der Waals surface area contributed by atoms with Crippen LogP contribution in [0.2, 0.25) is 0 Å². The molecule has 0 aromatic heterocycles. The molecule has 9 heteroatoms. The van der Waals surface area contributed by atoms with Crippen molar-refractivity contribution >= 4 is 35.1 Å². The highest BCUT2D eigenvalue weighted by Gasteiger charge is 2.64. The monoisotopic (exact) mass is 434 g/mol. The lowest BCUT2D eigenvalue weighted by atomic mass is 9.76. The van der Waals surface area contributed by atoms with E-state index in [0.29, 0.717) is 5.57 Å². The maximum absolute atomic E-state index is 12.3. The van der Waals surface area contributed by atoms with E-state index in [-0.39, 0.29) is 30.2 Å². The molecule has 9 unspecified atom stereocenters. The number of hydrogen-bond acceptors (Lipinski definition) is 7. The van der Waals surface area contributed by atoms with E-state index in [1.807, 2.05) is 0 Å². The number of fused-ring (bicyclic) bond motifs is 3. The number of halogens is 2. The van der Waals surface area contributed by atoms with Gasteiger partial charge in [-0.15, -0.1) is 23.2 Å². The number of carbonyl (C=O) groups excluding carboxylic acids is 2. The Balaban J connectivity index is 1.99. The summed E-state index contributed by atoms with van der Waals surface area (Å²) in [5, 5.41) is 30.5. The summed E-state index contributed by atoms with van der Waals surface area (Å²) in [5.74, 6) is -3.71. The summed E-state index contributed by atoms with van der Waals surface area (Å²) in [6, 6.07) is 0. The summed E-state index contributed by atoms with van der Waals surface area (Å²) in [4.78, 5) is 24.5. The van der Waals surface area contributed by atoms with Crippen molar-refractivity contribution in [1.29, 1.82) is 0 Å². The van der Waals surface area contributed by atoms with Gasteiger partial charge in [0.2, 0.25) is 0 Å². The average Bonchev–Trinajstić information content (AvgIpc) is 3.03. The van der Waals surface area contributed by atoms with Crippen LogP contribution in [0.4, 0.5) is 0 Å². The molecular formula is C19H24Cl2O7. The lowest BCUT2D eigenvalue weighted by Gasteiger charge is -2.37. The van der Waals surface area contributed by atoms with Crippen molar-refractivity contribution in [3.05, 3.63) is 24.3 Å². The van der Waals surface area contributed by atoms with Crippen LogP contribution in [0.25, 0.3) is 0 Å². The molecule has 0 bridgehead atoms. The van der Waals surface area contributed by atoms with Crippen LogP contribution in [-0.2, 0) is 19.1 Å². The van der Waals surface area contributed by atoms with E-state index < -0.39 is 59.2 Å². The van der Waals surface area contributed by atoms with Crippen molar-refractivity contribution in [2.75, 3.05) is 5.88 Å². The second-order valence-electron chi connectivity index (χ2n) is 7.89. The van der Waals surface area contributed by atoms with Crippen molar-refractivity contribution in [1.82, 2.24) is 0 Å². The maximum atomic E-state index is 12.3. The van der Waals surface area contributed by atoms with Gasteiger partial charge >= 0.3 is 11.9 Å². The molecule has 3 aliphatic rings. The predicted octanol–water partition coefficient (Wildman–Crippen LogP) is 0.911. The minimum Gasteiger partial charge on any atom is -0.459 e. The third-order valence-electron chi connectivity index (χ3n) is 6.23. The van der Waals surface area contributed by atoms with E-state index in [0.717, 1.165) is 0 Å². The zero-order valence-corrected chi connectivity index (χ0v) is 16.9. The fourth-order valence-electron chi connectivity index (χ4n) is 4.67. The lowest BCUT2D eigenvalue weighted by molar-refractivity contribution is -0.164. The van der Waals surface area contributed by atoms with Crippen molar-refractivity contribution in [2.45, 2.75) is 55.2 Å². The summed E-state index contributed by atoms with van der Waals surface area (Å²) >= 11 is 11.8. The molecule has 3 fully saturated rings. The summed E-state index contributed by atoms with van der Waals surface area (Å²) in [7, 11) is 0. The first kappa shape index (κ1) is 21.6. The SMILES string of the molecule is C=C1CC(OC(=O)C(O)C(C)Cl)C2C(=C)C(=O)OC2C2C1CC(O)C2(O)CCl. The smallest absolute Gasteiger partial charge is 0.336 e. The highest BCUT2D eigenvalue weighted by atomic mass is 35.5. The van der Waals surface area contributed by atoms with Gasteiger partial charge < -0.3 is 24.8 Å². The Morgan fingerprint density at radius 2 is 2.11 bits per heavy atom.